The van der Waals surface area contributed by atoms with Crippen LogP contribution in [0, 0.1) is 0 Å². The molecule has 0 aliphatic rings. The predicted molar refractivity (Wildman–Crippen MR) is 52.5 cm³/mol. The molecule has 0 bridgehead atoms. The number of rotatable bonds is 3. The lowest BCUT2D eigenvalue weighted by atomic mass is 9.97. The molecule has 0 radical (unpaired) electrons. The molecule has 0 rings (SSSR count). The monoisotopic (exact) mass is 188 g/mol. The van der Waals surface area contributed by atoms with Gasteiger partial charge in [0.2, 0.25) is 0 Å². The molecule has 1 atom stereocenters. The zero-order valence-corrected chi connectivity index (χ0v) is 9.05. The lowest BCUT2D eigenvalue weighted by molar-refractivity contribution is 0.105. The van der Waals surface area contributed by atoms with E-state index in [0.29, 0.717) is 0 Å². The van der Waals surface area contributed by atoms with Gasteiger partial charge in [-0.2, -0.15) is 0 Å². The second-order valence-corrected chi connectivity index (χ2v) is 4.09. The zero-order chi connectivity index (χ0) is 10.6. The summed E-state index contributed by atoms with van der Waals surface area (Å²) < 4.78 is 4.93. The molecule has 0 fully saturated rings. The van der Waals surface area contributed by atoms with Crippen LogP contribution in [0.15, 0.2) is 0 Å². The number of nitrogens with two attached hydrogens (primary N) is 1. The normalized spacial score (nSPS) is 14.1. The fourth-order valence-corrected chi connectivity index (χ4v) is 0.620. The second kappa shape index (κ2) is 4.46. The highest BCUT2D eigenvalue weighted by Gasteiger charge is 2.25. The van der Waals surface area contributed by atoms with Crippen LogP contribution in [0.25, 0.3) is 0 Å². The molecule has 0 heterocycles. The molecule has 0 saturated heterocycles. The van der Waals surface area contributed by atoms with E-state index in [0.717, 1.165) is 0 Å². The third-order valence-corrected chi connectivity index (χ3v) is 1.91. The Hall–Kier alpha value is -0.770. The van der Waals surface area contributed by atoms with Crippen LogP contribution < -0.4 is 11.1 Å². The summed E-state index contributed by atoms with van der Waals surface area (Å²) in [5, 5.41) is 2.70. The number of amides is 1. The number of hydrogen-bond donors (Lipinski definition) is 2. The van der Waals surface area contributed by atoms with Gasteiger partial charge >= 0.3 is 6.09 Å². The van der Waals surface area contributed by atoms with Crippen LogP contribution in [-0.2, 0) is 4.74 Å². The van der Waals surface area contributed by atoms with Gasteiger partial charge in [-0.25, -0.2) is 4.79 Å². The van der Waals surface area contributed by atoms with E-state index in [9.17, 15) is 4.79 Å². The van der Waals surface area contributed by atoms with Crippen molar-refractivity contribution >= 4 is 6.09 Å². The van der Waals surface area contributed by atoms with Crippen molar-refractivity contribution in [1.82, 2.24) is 5.32 Å². The van der Waals surface area contributed by atoms with Gasteiger partial charge in [-0.15, -0.1) is 0 Å². The van der Waals surface area contributed by atoms with Crippen LogP contribution in [0.1, 0.15) is 34.6 Å². The zero-order valence-electron chi connectivity index (χ0n) is 9.05. The molecule has 4 heteroatoms. The minimum Gasteiger partial charge on any atom is -0.447 e. The van der Waals surface area contributed by atoms with E-state index >= 15 is 0 Å². The lowest BCUT2D eigenvalue weighted by Crippen LogP contribution is -2.54. The van der Waals surface area contributed by atoms with Gasteiger partial charge < -0.3 is 15.8 Å². The Kier molecular flexibility index (Phi) is 4.20. The first-order chi connectivity index (χ1) is 5.75. The summed E-state index contributed by atoms with van der Waals surface area (Å²) in [6, 6.07) is -0.118. The van der Waals surface area contributed by atoms with Crippen molar-refractivity contribution in [3.05, 3.63) is 0 Å². The highest BCUT2D eigenvalue weighted by molar-refractivity contribution is 5.68. The van der Waals surface area contributed by atoms with E-state index in [1.807, 2.05) is 20.8 Å². The molecule has 0 saturated carbocycles. The Morgan fingerprint density at radius 2 is 1.85 bits per heavy atom. The Labute approximate surface area is 79.8 Å². The molecule has 1 unspecified atom stereocenters. The molecule has 0 aliphatic heterocycles. The van der Waals surface area contributed by atoms with Gasteiger partial charge in [0.25, 0.3) is 0 Å². The number of carbonyl (C=O) groups is 1. The Balaban J connectivity index is 4.05. The fraction of sp³-hybridized carbons (Fsp3) is 0.889. The van der Waals surface area contributed by atoms with Crippen molar-refractivity contribution in [2.45, 2.75) is 52.3 Å². The molecular formula is C9H20N2O2. The van der Waals surface area contributed by atoms with Gasteiger partial charge in [0, 0.05) is 6.04 Å². The van der Waals surface area contributed by atoms with E-state index < -0.39 is 11.6 Å². The molecule has 0 aromatic heterocycles. The topological polar surface area (TPSA) is 64.3 Å². The van der Waals surface area contributed by atoms with Crippen LogP contribution in [0.2, 0.25) is 0 Å². The minimum absolute atomic E-state index is 0.108. The highest BCUT2D eigenvalue weighted by atomic mass is 16.6. The van der Waals surface area contributed by atoms with Gasteiger partial charge in [-0.05, 0) is 34.6 Å². The average molecular weight is 188 g/mol. The standard InChI is InChI=1S/C9H20N2O2/c1-6(2)13-8(12)11-9(4,5)7(3)10/h6-7H,10H2,1-5H3,(H,11,12). The smallest absolute Gasteiger partial charge is 0.407 e. The van der Waals surface area contributed by atoms with Gasteiger partial charge in [-0.1, -0.05) is 0 Å². The Morgan fingerprint density at radius 3 is 2.15 bits per heavy atom. The molecule has 0 aliphatic carbocycles. The first kappa shape index (κ1) is 12.2. The van der Waals surface area contributed by atoms with Gasteiger partial charge in [-0.3, -0.25) is 0 Å². The molecular weight excluding hydrogens is 168 g/mol. The van der Waals surface area contributed by atoms with E-state index in [2.05, 4.69) is 5.32 Å². The number of ether oxygens (including phenoxy) is 1. The maximum Gasteiger partial charge on any atom is 0.407 e. The molecule has 1 amide bonds. The summed E-state index contributed by atoms with van der Waals surface area (Å²) >= 11 is 0. The van der Waals surface area contributed by atoms with E-state index in [1.54, 1.807) is 13.8 Å². The molecule has 0 spiro atoms. The largest absolute Gasteiger partial charge is 0.447 e. The molecule has 4 nitrogen and oxygen atoms in total. The maximum atomic E-state index is 11.2. The first-order valence-corrected chi connectivity index (χ1v) is 4.50. The van der Waals surface area contributed by atoms with Crippen molar-refractivity contribution in [3.8, 4) is 0 Å². The highest BCUT2D eigenvalue weighted by Crippen LogP contribution is 2.06. The SMILES string of the molecule is CC(C)OC(=O)NC(C)(C)C(C)N. The summed E-state index contributed by atoms with van der Waals surface area (Å²) in [7, 11) is 0. The number of hydrogen-bond acceptors (Lipinski definition) is 3. The van der Waals surface area contributed by atoms with Crippen molar-refractivity contribution < 1.29 is 9.53 Å². The number of nitrogens with one attached hydrogen (secondary N) is 1. The van der Waals surface area contributed by atoms with E-state index in [4.69, 9.17) is 10.5 Å². The summed E-state index contributed by atoms with van der Waals surface area (Å²) in [5.41, 5.74) is 5.24. The molecule has 78 valence electrons. The van der Waals surface area contributed by atoms with Gasteiger partial charge in [0.15, 0.2) is 0 Å². The summed E-state index contributed by atoms with van der Waals surface area (Å²) in [6.07, 6.45) is -0.527. The van der Waals surface area contributed by atoms with Gasteiger partial charge in [0.1, 0.15) is 0 Å². The van der Waals surface area contributed by atoms with Crippen LogP contribution in [0.4, 0.5) is 4.79 Å². The van der Waals surface area contributed by atoms with Crippen molar-refractivity contribution in [2.24, 2.45) is 5.73 Å². The number of carbonyl (C=O) groups excluding carboxylic acids is 1. The third kappa shape index (κ3) is 4.72. The first-order valence-electron chi connectivity index (χ1n) is 4.50. The third-order valence-electron chi connectivity index (χ3n) is 1.91. The summed E-state index contributed by atoms with van der Waals surface area (Å²) in [6.45, 7) is 9.17. The Bertz CT molecular complexity index is 176. The van der Waals surface area contributed by atoms with Crippen LogP contribution in [-0.4, -0.2) is 23.8 Å². The van der Waals surface area contributed by atoms with Crippen molar-refractivity contribution in [1.29, 1.82) is 0 Å². The molecule has 13 heavy (non-hydrogen) atoms. The fourth-order valence-electron chi connectivity index (χ4n) is 0.620. The number of alkyl carbamates (subject to hydrolysis) is 1. The molecule has 0 aromatic rings. The molecule has 3 N–H and O–H groups in total. The van der Waals surface area contributed by atoms with E-state index in [-0.39, 0.29) is 12.1 Å². The lowest BCUT2D eigenvalue weighted by Gasteiger charge is -2.30. The molecule has 0 aromatic carbocycles. The summed E-state index contributed by atoms with van der Waals surface area (Å²) in [5.74, 6) is 0. The minimum atomic E-state index is -0.439. The quantitative estimate of drug-likeness (QED) is 0.700. The second-order valence-electron chi connectivity index (χ2n) is 4.09. The summed E-state index contributed by atoms with van der Waals surface area (Å²) in [4.78, 5) is 11.2. The van der Waals surface area contributed by atoms with Crippen molar-refractivity contribution in [2.75, 3.05) is 0 Å². The van der Waals surface area contributed by atoms with Gasteiger partial charge in [0.05, 0.1) is 11.6 Å². The van der Waals surface area contributed by atoms with Crippen LogP contribution in [0.5, 0.6) is 0 Å². The average Bonchev–Trinajstić information content (AvgIpc) is 1.82. The van der Waals surface area contributed by atoms with Crippen LogP contribution >= 0.6 is 0 Å². The van der Waals surface area contributed by atoms with Crippen LogP contribution in [0.3, 0.4) is 0 Å². The van der Waals surface area contributed by atoms with E-state index in [1.165, 1.54) is 0 Å². The Morgan fingerprint density at radius 1 is 1.38 bits per heavy atom. The van der Waals surface area contributed by atoms with Crippen molar-refractivity contribution in [3.63, 3.8) is 0 Å². The predicted octanol–water partition coefficient (Wildman–Crippen LogP) is 1.25. The maximum absolute atomic E-state index is 11.2.